The number of aryl methyl sites for hydroxylation is 1. The zero-order chi connectivity index (χ0) is 24.2. The van der Waals surface area contributed by atoms with Gasteiger partial charge in [0.25, 0.3) is 5.91 Å². The minimum absolute atomic E-state index is 0.0793. The summed E-state index contributed by atoms with van der Waals surface area (Å²) in [6, 6.07) is 9.86. The van der Waals surface area contributed by atoms with Crippen LogP contribution in [0.4, 0.5) is 5.82 Å². The SMILES string of the molecule is CCc1nc2ccc(C(=O)N3CCN(C)CC3)cn2c1N(CC)Cc1ccc(OC)c(OC)c1. The molecule has 0 bridgehead atoms. The zero-order valence-electron chi connectivity index (χ0n) is 20.9. The van der Waals surface area contributed by atoms with Gasteiger partial charge < -0.3 is 24.2 Å². The molecule has 182 valence electrons. The smallest absolute Gasteiger partial charge is 0.255 e. The maximum Gasteiger partial charge on any atom is 0.255 e. The molecule has 1 aromatic carbocycles. The zero-order valence-corrected chi connectivity index (χ0v) is 20.9. The van der Waals surface area contributed by atoms with Gasteiger partial charge >= 0.3 is 0 Å². The third-order valence-electron chi connectivity index (χ3n) is 6.54. The number of rotatable bonds is 8. The summed E-state index contributed by atoms with van der Waals surface area (Å²) >= 11 is 0. The number of likely N-dealkylation sites (N-methyl/N-ethyl adjacent to an activating group) is 1. The minimum Gasteiger partial charge on any atom is -0.493 e. The summed E-state index contributed by atoms with van der Waals surface area (Å²) < 4.78 is 13.0. The number of pyridine rings is 1. The molecule has 8 heteroatoms. The van der Waals surface area contributed by atoms with E-state index in [0.29, 0.717) is 23.6 Å². The van der Waals surface area contributed by atoms with Crippen LogP contribution in [0.1, 0.15) is 35.5 Å². The first kappa shape index (κ1) is 23.9. The van der Waals surface area contributed by atoms with E-state index in [2.05, 4.69) is 41.2 Å². The Labute approximate surface area is 201 Å². The van der Waals surface area contributed by atoms with Gasteiger partial charge in [-0.3, -0.25) is 9.20 Å². The predicted molar refractivity (Wildman–Crippen MR) is 134 cm³/mol. The van der Waals surface area contributed by atoms with Crippen LogP contribution in [-0.2, 0) is 13.0 Å². The molecular formula is C26H35N5O3. The van der Waals surface area contributed by atoms with Gasteiger partial charge in [0.15, 0.2) is 11.5 Å². The molecule has 0 atom stereocenters. The lowest BCUT2D eigenvalue weighted by Crippen LogP contribution is -2.47. The molecule has 1 amide bonds. The van der Waals surface area contributed by atoms with Crippen molar-refractivity contribution >= 4 is 17.4 Å². The molecule has 1 fully saturated rings. The Morgan fingerprint density at radius 3 is 2.41 bits per heavy atom. The van der Waals surface area contributed by atoms with Crippen LogP contribution in [0.3, 0.4) is 0 Å². The second-order valence-corrected chi connectivity index (χ2v) is 8.68. The molecule has 3 heterocycles. The van der Waals surface area contributed by atoms with Gasteiger partial charge in [0.05, 0.1) is 25.5 Å². The van der Waals surface area contributed by atoms with Crippen LogP contribution in [0.5, 0.6) is 11.5 Å². The van der Waals surface area contributed by atoms with Crippen LogP contribution in [-0.4, -0.2) is 79.1 Å². The largest absolute Gasteiger partial charge is 0.493 e. The number of ether oxygens (including phenoxy) is 2. The summed E-state index contributed by atoms with van der Waals surface area (Å²) in [6.45, 7) is 9.05. The van der Waals surface area contributed by atoms with Crippen molar-refractivity contribution in [3.8, 4) is 11.5 Å². The summed E-state index contributed by atoms with van der Waals surface area (Å²) in [4.78, 5) is 24.6. The second kappa shape index (κ2) is 10.3. The fraction of sp³-hybridized carbons (Fsp3) is 0.462. The molecule has 0 radical (unpaired) electrons. The van der Waals surface area contributed by atoms with Gasteiger partial charge in [0.2, 0.25) is 0 Å². The molecular weight excluding hydrogens is 430 g/mol. The van der Waals surface area contributed by atoms with Crippen molar-refractivity contribution in [3.05, 3.63) is 53.3 Å². The molecule has 4 rings (SSSR count). The fourth-order valence-electron chi connectivity index (χ4n) is 4.51. The molecule has 8 nitrogen and oxygen atoms in total. The molecule has 34 heavy (non-hydrogen) atoms. The van der Waals surface area contributed by atoms with Gasteiger partial charge in [-0.15, -0.1) is 0 Å². The number of hydrogen-bond donors (Lipinski definition) is 0. The standard InChI is InChI=1S/C26H35N5O3/c1-6-21-25(29(7-2)17-19-8-10-22(33-4)23(16-19)34-5)31-18-20(9-11-24(31)27-21)26(32)30-14-12-28(3)13-15-30/h8-11,16,18H,6-7,12-15,17H2,1-5H3. The van der Waals surface area contributed by atoms with Crippen molar-refractivity contribution in [2.24, 2.45) is 0 Å². The maximum absolute atomic E-state index is 13.2. The highest BCUT2D eigenvalue weighted by molar-refractivity contribution is 5.94. The molecule has 0 N–H and O–H groups in total. The van der Waals surface area contributed by atoms with Gasteiger partial charge in [-0.05, 0) is 50.2 Å². The quantitative estimate of drug-likeness (QED) is 0.509. The van der Waals surface area contributed by atoms with Gasteiger partial charge in [0.1, 0.15) is 11.5 Å². The Morgan fingerprint density at radius 1 is 1.03 bits per heavy atom. The number of piperazine rings is 1. The van der Waals surface area contributed by atoms with E-state index in [4.69, 9.17) is 14.5 Å². The first-order valence-corrected chi connectivity index (χ1v) is 11.9. The van der Waals surface area contributed by atoms with Crippen LogP contribution in [0.15, 0.2) is 36.5 Å². The van der Waals surface area contributed by atoms with Crippen LogP contribution in [0, 0.1) is 0 Å². The summed E-state index contributed by atoms with van der Waals surface area (Å²) in [5.74, 6) is 2.54. The topological polar surface area (TPSA) is 62.6 Å². The van der Waals surface area contributed by atoms with Crippen molar-refractivity contribution < 1.29 is 14.3 Å². The predicted octanol–water partition coefficient (Wildman–Crippen LogP) is 3.33. The average Bonchev–Trinajstić information content (AvgIpc) is 3.24. The van der Waals surface area contributed by atoms with Crippen LogP contribution in [0.2, 0.25) is 0 Å². The Kier molecular flexibility index (Phi) is 7.26. The van der Waals surface area contributed by atoms with E-state index in [9.17, 15) is 4.79 Å². The van der Waals surface area contributed by atoms with Crippen molar-refractivity contribution in [3.63, 3.8) is 0 Å². The number of aromatic nitrogens is 2. The lowest BCUT2D eigenvalue weighted by atomic mass is 10.1. The molecule has 0 saturated carbocycles. The number of hydrogen-bond acceptors (Lipinski definition) is 6. The van der Waals surface area contributed by atoms with E-state index in [-0.39, 0.29) is 5.91 Å². The Morgan fingerprint density at radius 2 is 1.76 bits per heavy atom. The monoisotopic (exact) mass is 465 g/mol. The number of anilines is 1. The highest BCUT2D eigenvalue weighted by Gasteiger charge is 2.23. The molecule has 1 aliphatic rings. The Balaban J connectivity index is 1.68. The first-order chi connectivity index (χ1) is 16.5. The number of amides is 1. The van der Waals surface area contributed by atoms with Crippen molar-refractivity contribution in [2.75, 3.05) is 58.9 Å². The van der Waals surface area contributed by atoms with Crippen LogP contribution in [0.25, 0.3) is 5.65 Å². The van der Waals surface area contributed by atoms with Gasteiger partial charge in [-0.25, -0.2) is 4.98 Å². The van der Waals surface area contributed by atoms with E-state index in [1.807, 2.05) is 35.4 Å². The summed E-state index contributed by atoms with van der Waals surface area (Å²) in [6.07, 6.45) is 2.76. The van der Waals surface area contributed by atoms with Crippen LogP contribution >= 0.6 is 0 Å². The highest BCUT2D eigenvalue weighted by Crippen LogP contribution is 2.30. The van der Waals surface area contributed by atoms with E-state index in [1.54, 1.807) is 14.2 Å². The molecule has 0 unspecified atom stereocenters. The molecule has 0 aliphatic carbocycles. The number of nitrogens with zero attached hydrogens (tertiary/aromatic N) is 5. The average molecular weight is 466 g/mol. The summed E-state index contributed by atoms with van der Waals surface area (Å²) in [7, 11) is 5.39. The second-order valence-electron chi connectivity index (χ2n) is 8.68. The Bertz CT molecular complexity index is 1150. The van der Waals surface area contributed by atoms with Gasteiger partial charge in [-0.1, -0.05) is 13.0 Å². The molecule has 1 saturated heterocycles. The number of imidazole rings is 1. The summed E-state index contributed by atoms with van der Waals surface area (Å²) in [5.41, 5.74) is 3.68. The number of benzene rings is 1. The van der Waals surface area contributed by atoms with Crippen LogP contribution < -0.4 is 14.4 Å². The lowest BCUT2D eigenvalue weighted by Gasteiger charge is -2.32. The first-order valence-electron chi connectivity index (χ1n) is 11.9. The highest BCUT2D eigenvalue weighted by atomic mass is 16.5. The van der Waals surface area contributed by atoms with Gasteiger partial charge in [0, 0.05) is 45.5 Å². The maximum atomic E-state index is 13.2. The number of carbonyl (C=O) groups is 1. The van der Waals surface area contributed by atoms with Crippen molar-refractivity contribution in [1.29, 1.82) is 0 Å². The number of methoxy groups -OCH3 is 2. The minimum atomic E-state index is 0.0793. The molecule has 0 spiro atoms. The fourth-order valence-corrected chi connectivity index (χ4v) is 4.51. The normalized spacial score (nSPS) is 14.4. The van der Waals surface area contributed by atoms with E-state index >= 15 is 0 Å². The third-order valence-corrected chi connectivity index (χ3v) is 6.54. The van der Waals surface area contributed by atoms with E-state index < -0.39 is 0 Å². The summed E-state index contributed by atoms with van der Waals surface area (Å²) in [5, 5.41) is 0. The van der Waals surface area contributed by atoms with Crippen molar-refractivity contribution in [1.82, 2.24) is 19.2 Å². The van der Waals surface area contributed by atoms with Crippen molar-refractivity contribution in [2.45, 2.75) is 26.8 Å². The van der Waals surface area contributed by atoms with Gasteiger partial charge in [-0.2, -0.15) is 0 Å². The number of carbonyl (C=O) groups excluding carboxylic acids is 1. The molecule has 1 aliphatic heterocycles. The Hall–Kier alpha value is -3.26. The van der Waals surface area contributed by atoms with E-state index in [1.165, 1.54) is 0 Å². The molecule has 2 aromatic heterocycles. The number of fused-ring (bicyclic) bond motifs is 1. The lowest BCUT2D eigenvalue weighted by molar-refractivity contribution is 0.0663. The molecule has 3 aromatic rings. The third kappa shape index (κ3) is 4.68. The van der Waals surface area contributed by atoms with E-state index in [0.717, 1.165) is 61.9 Å².